The van der Waals surface area contributed by atoms with Crippen molar-refractivity contribution in [3.8, 4) is 16.9 Å². The van der Waals surface area contributed by atoms with Crippen LogP contribution in [0.1, 0.15) is 30.0 Å². The molecule has 0 spiro atoms. The summed E-state index contributed by atoms with van der Waals surface area (Å²) in [6.45, 7) is 4.26. The number of thioether (sulfide) groups is 1. The zero-order valence-corrected chi connectivity index (χ0v) is 16.4. The van der Waals surface area contributed by atoms with E-state index >= 15 is 0 Å². The fourth-order valence-corrected chi connectivity index (χ4v) is 3.24. The maximum absolute atomic E-state index is 11.3. The minimum atomic E-state index is -0.316. The van der Waals surface area contributed by atoms with Gasteiger partial charge in [0.25, 0.3) is 0 Å². The van der Waals surface area contributed by atoms with Crippen LogP contribution >= 0.6 is 11.8 Å². The highest BCUT2D eigenvalue weighted by Gasteiger charge is 2.13. The van der Waals surface area contributed by atoms with Crippen LogP contribution in [0.3, 0.4) is 0 Å². The smallest absolute Gasteiger partial charge is 0.302 e. The number of rotatable bonds is 9. The average Bonchev–Trinajstić information content (AvgIpc) is 2.63. The van der Waals surface area contributed by atoms with Crippen LogP contribution < -0.4 is 4.74 Å². The Morgan fingerprint density at radius 3 is 2.73 bits per heavy atom. The van der Waals surface area contributed by atoms with Crippen LogP contribution in [0.25, 0.3) is 11.1 Å². The number of esters is 1. The number of carbonyl (C=O) groups excluding carboxylic acids is 1. The van der Waals surface area contributed by atoms with Crippen molar-refractivity contribution in [2.45, 2.75) is 33.5 Å². The van der Waals surface area contributed by atoms with E-state index in [1.807, 2.05) is 43.3 Å². The van der Waals surface area contributed by atoms with E-state index in [9.17, 15) is 9.90 Å². The van der Waals surface area contributed by atoms with Gasteiger partial charge in [-0.2, -0.15) is 11.8 Å². The van der Waals surface area contributed by atoms with Crippen LogP contribution in [0.5, 0.6) is 5.75 Å². The van der Waals surface area contributed by atoms with E-state index in [0.717, 1.165) is 45.7 Å². The van der Waals surface area contributed by atoms with E-state index in [-0.39, 0.29) is 19.2 Å². The van der Waals surface area contributed by atoms with Crippen LogP contribution in [0.2, 0.25) is 0 Å². The standard InChI is InChI=1S/C21H26O4S/c1-15-10-20(24-8-5-9-26-3)12-19(14-25-16(2)23)21(15)18-7-4-6-17(11-18)13-22/h4,6-7,10-12,22H,5,8-9,13-14H2,1-3H3. The molecule has 0 amide bonds. The van der Waals surface area contributed by atoms with Crippen LogP contribution in [0.4, 0.5) is 0 Å². The second-order valence-electron chi connectivity index (χ2n) is 6.11. The number of benzene rings is 2. The minimum absolute atomic E-state index is 0.0111. The summed E-state index contributed by atoms with van der Waals surface area (Å²) in [6.07, 6.45) is 3.07. The molecule has 0 unspecified atom stereocenters. The number of aryl methyl sites for hydroxylation is 1. The Morgan fingerprint density at radius 2 is 2.04 bits per heavy atom. The Morgan fingerprint density at radius 1 is 1.23 bits per heavy atom. The van der Waals surface area contributed by atoms with E-state index in [0.29, 0.717) is 6.61 Å². The predicted molar refractivity (Wildman–Crippen MR) is 107 cm³/mol. The topological polar surface area (TPSA) is 55.8 Å². The number of hydrogen-bond acceptors (Lipinski definition) is 5. The monoisotopic (exact) mass is 374 g/mol. The van der Waals surface area contributed by atoms with Crippen LogP contribution in [-0.2, 0) is 22.7 Å². The molecule has 0 saturated carbocycles. The van der Waals surface area contributed by atoms with Gasteiger partial charge in [-0.3, -0.25) is 4.79 Å². The fraction of sp³-hybridized carbons (Fsp3) is 0.381. The first-order valence-electron chi connectivity index (χ1n) is 8.64. The quantitative estimate of drug-likeness (QED) is 0.522. The molecule has 2 aromatic carbocycles. The van der Waals surface area contributed by atoms with Crippen LogP contribution in [-0.4, -0.2) is 29.7 Å². The molecule has 140 valence electrons. The second kappa shape index (κ2) is 10.2. The number of carbonyl (C=O) groups is 1. The van der Waals surface area contributed by atoms with Gasteiger partial charge in [0.2, 0.25) is 0 Å². The maximum atomic E-state index is 11.3. The van der Waals surface area contributed by atoms with Gasteiger partial charge in [-0.05, 0) is 65.8 Å². The van der Waals surface area contributed by atoms with Gasteiger partial charge in [0.15, 0.2) is 0 Å². The Hall–Kier alpha value is -1.98. The number of ether oxygens (including phenoxy) is 2. The van der Waals surface area contributed by atoms with Crippen LogP contribution in [0.15, 0.2) is 36.4 Å². The molecule has 4 nitrogen and oxygen atoms in total. The van der Waals surface area contributed by atoms with Gasteiger partial charge in [0.05, 0.1) is 13.2 Å². The van der Waals surface area contributed by atoms with Crippen LogP contribution in [0, 0.1) is 6.92 Å². The van der Waals surface area contributed by atoms with E-state index in [2.05, 4.69) is 6.26 Å². The van der Waals surface area contributed by atoms with Crippen molar-refractivity contribution in [2.75, 3.05) is 18.6 Å². The first kappa shape index (κ1) is 20.3. The Bertz CT molecular complexity index is 743. The molecular weight excluding hydrogens is 348 g/mol. The molecule has 1 N–H and O–H groups in total. The molecule has 0 saturated heterocycles. The first-order chi connectivity index (χ1) is 12.5. The minimum Gasteiger partial charge on any atom is -0.494 e. The normalized spacial score (nSPS) is 10.6. The lowest BCUT2D eigenvalue weighted by Crippen LogP contribution is -2.04. The molecule has 0 bridgehead atoms. The van der Waals surface area contributed by atoms with Crippen molar-refractivity contribution in [1.29, 1.82) is 0 Å². The zero-order chi connectivity index (χ0) is 18.9. The summed E-state index contributed by atoms with van der Waals surface area (Å²) in [7, 11) is 0. The lowest BCUT2D eigenvalue weighted by molar-refractivity contribution is -0.142. The fourth-order valence-electron chi connectivity index (χ4n) is 2.83. The van der Waals surface area contributed by atoms with Gasteiger partial charge in [-0.1, -0.05) is 18.2 Å². The first-order valence-corrected chi connectivity index (χ1v) is 10.0. The third kappa shape index (κ3) is 5.78. The summed E-state index contributed by atoms with van der Waals surface area (Å²) in [5.74, 6) is 1.53. The lowest BCUT2D eigenvalue weighted by Gasteiger charge is -2.17. The van der Waals surface area contributed by atoms with Crippen molar-refractivity contribution >= 4 is 17.7 Å². The number of aliphatic hydroxyl groups excluding tert-OH is 1. The SMILES string of the molecule is CSCCCOc1cc(C)c(-c2cccc(CO)c2)c(COC(C)=O)c1. The lowest BCUT2D eigenvalue weighted by atomic mass is 9.94. The zero-order valence-electron chi connectivity index (χ0n) is 15.6. The van der Waals surface area contributed by atoms with Gasteiger partial charge in [0.1, 0.15) is 12.4 Å². The average molecular weight is 375 g/mol. The largest absolute Gasteiger partial charge is 0.494 e. The summed E-state index contributed by atoms with van der Waals surface area (Å²) in [5.41, 5.74) is 4.79. The van der Waals surface area contributed by atoms with Crippen molar-refractivity contribution in [2.24, 2.45) is 0 Å². The van der Waals surface area contributed by atoms with E-state index in [1.165, 1.54) is 6.92 Å². The molecule has 0 aromatic heterocycles. The Labute approximate surface area is 159 Å². The van der Waals surface area contributed by atoms with Crippen molar-refractivity contribution in [3.63, 3.8) is 0 Å². The highest BCUT2D eigenvalue weighted by molar-refractivity contribution is 7.98. The van der Waals surface area contributed by atoms with Gasteiger partial charge in [-0.25, -0.2) is 0 Å². The van der Waals surface area contributed by atoms with Gasteiger partial charge in [-0.15, -0.1) is 0 Å². The maximum Gasteiger partial charge on any atom is 0.302 e. The number of hydrogen-bond donors (Lipinski definition) is 1. The highest BCUT2D eigenvalue weighted by Crippen LogP contribution is 2.32. The molecular formula is C21H26O4S. The Balaban J connectivity index is 2.36. The molecule has 0 fully saturated rings. The third-order valence-corrected chi connectivity index (χ3v) is 4.68. The highest BCUT2D eigenvalue weighted by atomic mass is 32.2. The molecule has 0 aliphatic carbocycles. The molecule has 0 aliphatic heterocycles. The molecule has 0 aliphatic rings. The van der Waals surface area contributed by atoms with E-state index in [4.69, 9.17) is 9.47 Å². The summed E-state index contributed by atoms with van der Waals surface area (Å²) in [6, 6.07) is 11.7. The molecule has 2 aromatic rings. The summed E-state index contributed by atoms with van der Waals surface area (Å²) < 4.78 is 11.1. The molecule has 0 heterocycles. The molecule has 2 rings (SSSR count). The Kier molecular flexibility index (Phi) is 8.01. The van der Waals surface area contributed by atoms with E-state index < -0.39 is 0 Å². The summed E-state index contributed by atoms with van der Waals surface area (Å²) in [5, 5.41) is 9.42. The molecule has 5 heteroatoms. The van der Waals surface area contributed by atoms with Gasteiger partial charge >= 0.3 is 5.97 Å². The van der Waals surface area contributed by atoms with Crippen molar-refractivity contribution in [3.05, 3.63) is 53.1 Å². The van der Waals surface area contributed by atoms with Gasteiger partial charge in [0, 0.05) is 12.5 Å². The summed E-state index contributed by atoms with van der Waals surface area (Å²) in [4.78, 5) is 11.3. The van der Waals surface area contributed by atoms with Crippen molar-refractivity contribution < 1.29 is 19.4 Å². The third-order valence-electron chi connectivity index (χ3n) is 3.98. The summed E-state index contributed by atoms with van der Waals surface area (Å²) >= 11 is 1.80. The predicted octanol–water partition coefficient (Wildman–Crippen LogP) is 4.35. The number of aliphatic hydroxyl groups is 1. The van der Waals surface area contributed by atoms with E-state index in [1.54, 1.807) is 11.8 Å². The van der Waals surface area contributed by atoms with Crippen molar-refractivity contribution in [1.82, 2.24) is 0 Å². The molecule has 0 radical (unpaired) electrons. The second-order valence-corrected chi connectivity index (χ2v) is 7.09. The molecule has 26 heavy (non-hydrogen) atoms. The molecule has 0 atom stereocenters. The van der Waals surface area contributed by atoms with Gasteiger partial charge < -0.3 is 14.6 Å².